The van der Waals surface area contributed by atoms with Crippen molar-refractivity contribution in [2.75, 3.05) is 5.32 Å². The molecule has 0 amide bonds. The van der Waals surface area contributed by atoms with Crippen LogP contribution in [0.3, 0.4) is 0 Å². The molecule has 0 atom stereocenters. The first-order valence-corrected chi connectivity index (χ1v) is 7.36. The predicted octanol–water partition coefficient (Wildman–Crippen LogP) is 3.89. The number of hydrogen-bond donors (Lipinski definition) is 1. The molecule has 0 radical (unpaired) electrons. The lowest BCUT2D eigenvalue weighted by molar-refractivity contribution is 0.580. The largest absolute Gasteiger partial charge is 0.463 e. The van der Waals surface area contributed by atoms with E-state index in [0.29, 0.717) is 11.4 Å². The topological polar surface area (TPSA) is 68.2 Å². The van der Waals surface area contributed by atoms with E-state index in [1.54, 1.807) is 29.4 Å². The van der Waals surface area contributed by atoms with Crippen molar-refractivity contribution in [1.29, 1.82) is 0 Å². The Morgan fingerprint density at radius 3 is 2.82 bits per heavy atom. The zero-order valence-electron chi connectivity index (χ0n) is 11.3. The molecule has 0 saturated heterocycles. The van der Waals surface area contributed by atoms with Crippen molar-refractivity contribution in [3.8, 4) is 11.5 Å². The molecule has 4 aromatic rings. The van der Waals surface area contributed by atoms with E-state index in [-0.39, 0.29) is 0 Å². The molecule has 0 aromatic carbocycles. The second-order valence-corrected chi connectivity index (χ2v) is 5.45. The van der Waals surface area contributed by atoms with Gasteiger partial charge in [0.2, 0.25) is 0 Å². The van der Waals surface area contributed by atoms with E-state index < -0.39 is 0 Å². The lowest BCUT2D eigenvalue weighted by Gasteiger charge is -2.09. The van der Waals surface area contributed by atoms with Crippen molar-refractivity contribution in [3.63, 3.8) is 0 Å². The molecule has 108 valence electrons. The molecular weight excluding hydrogens is 346 g/mol. The molecule has 4 rings (SSSR count). The molecule has 0 saturated carbocycles. The van der Waals surface area contributed by atoms with Crippen molar-refractivity contribution >= 4 is 33.1 Å². The van der Waals surface area contributed by atoms with E-state index in [2.05, 4.69) is 36.3 Å². The summed E-state index contributed by atoms with van der Waals surface area (Å²) in [5.74, 6) is 1.49. The highest BCUT2D eigenvalue weighted by Crippen LogP contribution is 2.27. The summed E-state index contributed by atoms with van der Waals surface area (Å²) in [6.07, 6.45) is 6.80. The van der Waals surface area contributed by atoms with Crippen LogP contribution in [0.1, 0.15) is 0 Å². The molecule has 0 aliphatic carbocycles. The predicted molar refractivity (Wildman–Crippen MR) is 85.9 cm³/mol. The molecule has 0 aliphatic rings. The molecule has 0 fully saturated rings. The van der Waals surface area contributed by atoms with Crippen LogP contribution in [-0.4, -0.2) is 19.6 Å². The van der Waals surface area contributed by atoms with Crippen LogP contribution in [0, 0.1) is 0 Å². The molecular formula is C15H10BrN5O. The summed E-state index contributed by atoms with van der Waals surface area (Å²) in [5.41, 5.74) is 2.36. The Bertz CT molecular complexity index is 918. The average molecular weight is 356 g/mol. The number of rotatable bonds is 3. The summed E-state index contributed by atoms with van der Waals surface area (Å²) in [4.78, 5) is 8.60. The SMILES string of the molecule is Brc1cnn2c(Nc3ccncc3)cc(-c3ccco3)nc12. The second-order valence-electron chi connectivity index (χ2n) is 4.59. The molecule has 0 aliphatic heterocycles. The highest BCUT2D eigenvalue weighted by Gasteiger charge is 2.13. The fourth-order valence-corrected chi connectivity index (χ4v) is 2.51. The van der Waals surface area contributed by atoms with E-state index in [9.17, 15) is 0 Å². The Morgan fingerprint density at radius 2 is 2.05 bits per heavy atom. The van der Waals surface area contributed by atoms with Crippen LogP contribution >= 0.6 is 15.9 Å². The van der Waals surface area contributed by atoms with Crippen molar-refractivity contribution in [1.82, 2.24) is 19.6 Å². The van der Waals surface area contributed by atoms with Gasteiger partial charge in [-0.15, -0.1) is 0 Å². The number of furan rings is 1. The third-order valence-electron chi connectivity index (χ3n) is 3.16. The highest BCUT2D eigenvalue weighted by atomic mass is 79.9. The number of nitrogens with one attached hydrogen (secondary N) is 1. The van der Waals surface area contributed by atoms with Gasteiger partial charge >= 0.3 is 0 Å². The number of nitrogens with zero attached hydrogens (tertiary/aromatic N) is 4. The highest BCUT2D eigenvalue weighted by molar-refractivity contribution is 9.10. The van der Waals surface area contributed by atoms with Crippen molar-refractivity contribution in [3.05, 3.63) is 59.7 Å². The zero-order valence-corrected chi connectivity index (χ0v) is 12.9. The summed E-state index contributed by atoms with van der Waals surface area (Å²) in [5, 5.41) is 7.66. The summed E-state index contributed by atoms with van der Waals surface area (Å²) >= 11 is 3.47. The third kappa shape index (κ3) is 2.25. The number of aromatic nitrogens is 4. The Hall–Kier alpha value is -2.67. The third-order valence-corrected chi connectivity index (χ3v) is 3.71. The van der Waals surface area contributed by atoms with E-state index >= 15 is 0 Å². The van der Waals surface area contributed by atoms with Crippen LogP contribution in [0.5, 0.6) is 0 Å². The van der Waals surface area contributed by atoms with Crippen LogP contribution < -0.4 is 5.32 Å². The molecule has 1 N–H and O–H groups in total. The Balaban J connectivity index is 1.88. The maximum absolute atomic E-state index is 5.44. The van der Waals surface area contributed by atoms with Crippen LogP contribution in [0.4, 0.5) is 11.5 Å². The first kappa shape index (κ1) is 13.0. The maximum atomic E-state index is 5.44. The lowest BCUT2D eigenvalue weighted by atomic mass is 10.3. The van der Waals surface area contributed by atoms with Gasteiger partial charge < -0.3 is 9.73 Å². The second kappa shape index (κ2) is 5.27. The van der Waals surface area contributed by atoms with Gasteiger partial charge in [0.15, 0.2) is 11.4 Å². The Morgan fingerprint density at radius 1 is 1.18 bits per heavy atom. The summed E-state index contributed by atoms with van der Waals surface area (Å²) in [7, 11) is 0. The minimum absolute atomic E-state index is 0.702. The molecule has 7 heteroatoms. The van der Waals surface area contributed by atoms with E-state index in [1.807, 2.05) is 30.3 Å². The normalized spacial score (nSPS) is 11.0. The van der Waals surface area contributed by atoms with Gasteiger partial charge in [0.25, 0.3) is 0 Å². The molecule has 0 spiro atoms. The van der Waals surface area contributed by atoms with Gasteiger partial charge in [0.1, 0.15) is 11.5 Å². The first-order chi connectivity index (χ1) is 10.8. The van der Waals surface area contributed by atoms with E-state index in [0.717, 1.165) is 21.7 Å². The zero-order chi connectivity index (χ0) is 14.9. The van der Waals surface area contributed by atoms with Crippen molar-refractivity contribution in [2.45, 2.75) is 0 Å². The molecule has 4 heterocycles. The maximum Gasteiger partial charge on any atom is 0.172 e. The number of hydrogen-bond acceptors (Lipinski definition) is 5. The minimum Gasteiger partial charge on any atom is -0.463 e. The number of fused-ring (bicyclic) bond motifs is 1. The first-order valence-electron chi connectivity index (χ1n) is 6.56. The van der Waals surface area contributed by atoms with Gasteiger partial charge in [-0.25, -0.2) is 4.98 Å². The summed E-state index contributed by atoms with van der Waals surface area (Å²) in [6, 6.07) is 9.38. The van der Waals surface area contributed by atoms with Gasteiger partial charge in [-0.05, 0) is 40.2 Å². The lowest BCUT2D eigenvalue weighted by Crippen LogP contribution is -2.02. The van der Waals surface area contributed by atoms with Gasteiger partial charge in [-0.1, -0.05) is 0 Å². The molecule has 4 aromatic heterocycles. The molecule has 0 unspecified atom stereocenters. The smallest absolute Gasteiger partial charge is 0.172 e. The molecule has 0 bridgehead atoms. The Labute approximate surface area is 134 Å². The number of halogens is 1. The average Bonchev–Trinajstić information content (AvgIpc) is 3.19. The van der Waals surface area contributed by atoms with Gasteiger partial charge in [-0.3, -0.25) is 4.98 Å². The number of anilines is 2. The number of pyridine rings is 1. The Kier molecular flexibility index (Phi) is 3.12. The van der Waals surface area contributed by atoms with Crippen LogP contribution in [0.2, 0.25) is 0 Å². The van der Waals surface area contributed by atoms with E-state index in [1.165, 1.54) is 0 Å². The van der Waals surface area contributed by atoms with Gasteiger partial charge in [-0.2, -0.15) is 9.61 Å². The van der Waals surface area contributed by atoms with Crippen LogP contribution in [-0.2, 0) is 0 Å². The summed E-state index contributed by atoms with van der Waals surface area (Å²) < 4.78 is 8.00. The summed E-state index contributed by atoms with van der Waals surface area (Å²) in [6.45, 7) is 0. The monoisotopic (exact) mass is 355 g/mol. The van der Waals surface area contributed by atoms with Gasteiger partial charge in [0, 0.05) is 24.1 Å². The fourth-order valence-electron chi connectivity index (χ4n) is 2.16. The quantitative estimate of drug-likeness (QED) is 0.603. The van der Waals surface area contributed by atoms with Crippen LogP contribution in [0.25, 0.3) is 17.1 Å². The van der Waals surface area contributed by atoms with Crippen LogP contribution in [0.15, 0.2) is 64.1 Å². The van der Waals surface area contributed by atoms with E-state index in [4.69, 9.17) is 4.42 Å². The fraction of sp³-hybridized carbons (Fsp3) is 0. The van der Waals surface area contributed by atoms with Gasteiger partial charge in [0.05, 0.1) is 16.9 Å². The van der Waals surface area contributed by atoms with Crippen molar-refractivity contribution < 1.29 is 4.42 Å². The molecule has 22 heavy (non-hydrogen) atoms. The minimum atomic E-state index is 0.702. The molecule has 6 nitrogen and oxygen atoms in total. The van der Waals surface area contributed by atoms with Crippen molar-refractivity contribution in [2.24, 2.45) is 0 Å². The standard InChI is InChI=1S/C15H10BrN5O/c16-11-9-18-21-14(19-10-3-5-17-6-4-10)8-12(20-15(11)21)13-2-1-7-22-13/h1-9H,(H,17,19).